The van der Waals surface area contributed by atoms with Crippen molar-refractivity contribution in [2.45, 2.75) is 31.7 Å². The van der Waals surface area contributed by atoms with E-state index in [1.165, 1.54) is 5.75 Å². The van der Waals surface area contributed by atoms with E-state index in [4.69, 9.17) is 5.73 Å². The molecule has 0 bridgehead atoms. The molecule has 1 unspecified atom stereocenters. The molecule has 1 saturated heterocycles. The summed E-state index contributed by atoms with van der Waals surface area (Å²) >= 11 is 1.94. The van der Waals surface area contributed by atoms with Gasteiger partial charge in [0, 0.05) is 18.8 Å². The first-order valence-electron chi connectivity index (χ1n) is 5.78. The predicted octanol–water partition coefficient (Wildman–Crippen LogP) is 1.08. The van der Waals surface area contributed by atoms with Crippen LogP contribution in [0.4, 0.5) is 0 Å². The molecule has 0 aromatic rings. The number of nitrogens with two attached hydrogens (primary N) is 1. The topological polar surface area (TPSA) is 46.3 Å². The Bertz CT molecular complexity index is 243. The average molecular weight is 228 g/mol. The molecule has 4 heteroatoms. The molecule has 0 radical (unpaired) electrons. The van der Waals surface area contributed by atoms with Crippen LogP contribution < -0.4 is 5.73 Å². The second kappa shape index (κ2) is 4.34. The van der Waals surface area contributed by atoms with Crippen LogP contribution in [0.15, 0.2) is 0 Å². The number of rotatable bonds is 2. The van der Waals surface area contributed by atoms with Gasteiger partial charge in [0.25, 0.3) is 0 Å². The average Bonchev–Trinajstić information content (AvgIpc) is 3.03. The fraction of sp³-hybridized carbons (Fsp3) is 0.909. The maximum atomic E-state index is 12.2. The van der Waals surface area contributed by atoms with Crippen molar-refractivity contribution in [2.75, 3.05) is 24.6 Å². The van der Waals surface area contributed by atoms with Crippen molar-refractivity contribution in [3.05, 3.63) is 0 Å². The van der Waals surface area contributed by atoms with Crippen LogP contribution in [0.25, 0.3) is 0 Å². The van der Waals surface area contributed by atoms with Gasteiger partial charge in [-0.25, -0.2) is 0 Å². The zero-order chi connectivity index (χ0) is 10.9. The molecule has 1 aliphatic heterocycles. The SMILES string of the molecule is CC(N)(C(=O)N1CCCSCC1)C1CC1. The van der Waals surface area contributed by atoms with Crippen LogP contribution in [0.1, 0.15) is 26.2 Å². The van der Waals surface area contributed by atoms with E-state index in [0.717, 1.165) is 38.1 Å². The van der Waals surface area contributed by atoms with Crippen LogP contribution in [0.3, 0.4) is 0 Å². The lowest BCUT2D eigenvalue weighted by Gasteiger charge is -2.31. The first-order valence-corrected chi connectivity index (χ1v) is 6.94. The Morgan fingerprint density at radius 2 is 2.13 bits per heavy atom. The van der Waals surface area contributed by atoms with Crippen molar-refractivity contribution in [1.82, 2.24) is 4.90 Å². The van der Waals surface area contributed by atoms with Crippen molar-refractivity contribution in [1.29, 1.82) is 0 Å². The Morgan fingerprint density at radius 3 is 2.80 bits per heavy atom. The standard InChI is InChI=1S/C11H20N2OS/c1-11(12,9-3-4-9)10(14)13-5-2-7-15-8-6-13/h9H,2-8,12H2,1H3. The van der Waals surface area contributed by atoms with Crippen LogP contribution in [0.2, 0.25) is 0 Å². The highest BCUT2D eigenvalue weighted by atomic mass is 32.2. The molecule has 1 aliphatic carbocycles. The van der Waals surface area contributed by atoms with Gasteiger partial charge in [0.1, 0.15) is 0 Å². The quantitative estimate of drug-likeness (QED) is 0.769. The van der Waals surface area contributed by atoms with E-state index >= 15 is 0 Å². The fourth-order valence-electron chi connectivity index (χ4n) is 2.15. The molecule has 0 spiro atoms. The van der Waals surface area contributed by atoms with E-state index in [1.54, 1.807) is 0 Å². The summed E-state index contributed by atoms with van der Waals surface area (Å²) in [5.41, 5.74) is 5.55. The zero-order valence-electron chi connectivity index (χ0n) is 9.37. The summed E-state index contributed by atoms with van der Waals surface area (Å²) in [6.07, 6.45) is 3.36. The maximum Gasteiger partial charge on any atom is 0.242 e. The van der Waals surface area contributed by atoms with Crippen LogP contribution in [-0.2, 0) is 4.79 Å². The second-order valence-electron chi connectivity index (χ2n) is 4.82. The first-order chi connectivity index (χ1) is 7.12. The third-order valence-electron chi connectivity index (χ3n) is 3.40. The summed E-state index contributed by atoms with van der Waals surface area (Å²) in [4.78, 5) is 14.2. The summed E-state index contributed by atoms with van der Waals surface area (Å²) in [5, 5.41) is 0. The van der Waals surface area contributed by atoms with Crippen LogP contribution in [-0.4, -0.2) is 40.9 Å². The molecular formula is C11H20N2OS. The van der Waals surface area contributed by atoms with Crippen molar-refractivity contribution in [3.8, 4) is 0 Å². The Balaban J connectivity index is 1.98. The Kier molecular flexibility index (Phi) is 3.26. The molecule has 1 heterocycles. The molecule has 0 aromatic heterocycles. The smallest absolute Gasteiger partial charge is 0.242 e. The highest BCUT2D eigenvalue weighted by Crippen LogP contribution is 2.39. The predicted molar refractivity (Wildman–Crippen MR) is 63.8 cm³/mol. The number of hydrogen-bond acceptors (Lipinski definition) is 3. The summed E-state index contributed by atoms with van der Waals surface area (Å²) in [5.74, 6) is 2.84. The second-order valence-corrected chi connectivity index (χ2v) is 6.04. The number of carbonyl (C=O) groups is 1. The van der Waals surface area contributed by atoms with Gasteiger partial charge in [-0.15, -0.1) is 0 Å². The molecule has 3 nitrogen and oxygen atoms in total. The normalized spacial score (nSPS) is 26.9. The van der Waals surface area contributed by atoms with Crippen LogP contribution >= 0.6 is 11.8 Å². The van der Waals surface area contributed by atoms with Crippen molar-refractivity contribution < 1.29 is 4.79 Å². The third kappa shape index (κ3) is 2.48. The Hall–Kier alpha value is -0.220. The van der Waals surface area contributed by atoms with Crippen molar-refractivity contribution in [3.63, 3.8) is 0 Å². The summed E-state index contributed by atoms with van der Waals surface area (Å²) in [6.45, 7) is 3.68. The van der Waals surface area contributed by atoms with Gasteiger partial charge in [-0.1, -0.05) is 0 Å². The minimum Gasteiger partial charge on any atom is -0.340 e. The molecule has 2 aliphatic rings. The summed E-state index contributed by atoms with van der Waals surface area (Å²) in [6, 6.07) is 0. The van der Waals surface area contributed by atoms with E-state index < -0.39 is 5.54 Å². The number of nitrogens with zero attached hydrogens (tertiary/aromatic N) is 1. The van der Waals surface area contributed by atoms with Gasteiger partial charge >= 0.3 is 0 Å². The van der Waals surface area contributed by atoms with E-state index in [0.29, 0.717) is 5.92 Å². The molecular weight excluding hydrogens is 208 g/mol. The molecule has 1 amide bonds. The van der Waals surface area contributed by atoms with E-state index in [1.807, 2.05) is 23.6 Å². The molecule has 2 fully saturated rings. The van der Waals surface area contributed by atoms with Gasteiger partial charge in [-0.2, -0.15) is 11.8 Å². The van der Waals surface area contributed by atoms with Gasteiger partial charge in [-0.05, 0) is 37.9 Å². The monoisotopic (exact) mass is 228 g/mol. The van der Waals surface area contributed by atoms with E-state index in [-0.39, 0.29) is 5.91 Å². The number of hydrogen-bond donors (Lipinski definition) is 1. The zero-order valence-corrected chi connectivity index (χ0v) is 10.2. The Labute approximate surface area is 95.8 Å². The largest absolute Gasteiger partial charge is 0.340 e. The van der Waals surface area contributed by atoms with Gasteiger partial charge < -0.3 is 10.6 Å². The van der Waals surface area contributed by atoms with E-state index in [2.05, 4.69) is 0 Å². The number of thioether (sulfide) groups is 1. The van der Waals surface area contributed by atoms with Crippen molar-refractivity contribution in [2.24, 2.45) is 11.7 Å². The number of carbonyl (C=O) groups excluding carboxylic acids is 1. The summed E-state index contributed by atoms with van der Waals surface area (Å²) < 4.78 is 0. The summed E-state index contributed by atoms with van der Waals surface area (Å²) in [7, 11) is 0. The number of amides is 1. The minimum absolute atomic E-state index is 0.174. The fourth-order valence-corrected chi connectivity index (χ4v) is 3.03. The van der Waals surface area contributed by atoms with Gasteiger partial charge in [0.15, 0.2) is 0 Å². The van der Waals surface area contributed by atoms with Crippen molar-refractivity contribution >= 4 is 17.7 Å². The molecule has 0 aromatic carbocycles. The molecule has 1 atom stereocenters. The lowest BCUT2D eigenvalue weighted by Crippen LogP contribution is -2.55. The lowest BCUT2D eigenvalue weighted by molar-refractivity contribution is -0.136. The highest BCUT2D eigenvalue weighted by Gasteiger charge is 2.45. The van der Waals surface area contributed by atoms with Crippen LogP contribution in [0.5, 0.6) is 0 Å². The van der Waals surface area contributed by atoms with Gasteiger partial charge in [-0.3, -0.25) is 4.79 Å². The first kappa shape index (κ1) is 11.3. The molecule has 2 rings (SSSR count). The Morgan fingerprint density at radius 1 is 1.40 bits per heavy atom. The van der Waals surface area contributed by atoms with Crippen LogP contribution in [0, 0.1) is 5.92 Å². The van der Waals surface area contributed by atoms with Gasteiger partial charge in [0.05, 0.1) is 5.54 Å². The molecule has 1 saturated carbocycles. The molecule has 15 heavy (non-hydrogen) atoms. The van der Waals surface area contributed by atoms with Gasteiger partial charge in [0.2, 0.25) is 5.91 Å². The molecule has 86 valence electrons. The minimum atomic E-state index is -0.602. The maximum absolute atomic E-state index is 12.2. The third-order valence-corrected chi connectivity index (χ3v) is 4.44. The molecule has 2 N–H and O–H groups in total. The lowest BCUT2D eigenvalue weighted by atomic mass is 9.95. The highest BCUT2D eigenvalue weighted by molar-refractivity contribution is 7.99. The van der Waals surface area contributed by atoms with E-state index in [9.17, 15) is 4.79 Å².